The Kier molecular flexibility index (Phi) is 4.97. The van der Waals surface area contributed by atoms with Crippen LogP contribution in [-0.4, -0.2) is 24.6 Å². The quantitative estimate of drug-likeness (QED) is 0.670. The molecule has 0 amide bonds. The summed E-state index contributed by atoms with van der Waals surface area (Å²) in [5.74, 6) is -1.24. The van der Waals surface area contributed by atoms with E-state index in [9.17, 15) is 9.59 Å². The van der Waals surface area contributed by atoms with Gasteiger partial charge in [0, 0.05) is 0 Å². The fourth-order valence-electron chi connectivity index (χ4n) is 1.21. The Morgan fingerprint density at radius 3 is 2.67 bits per heavy atom. The van der Waals surface area contributed by atoms with Crippen molar-refractivity contribution in [3.05, 3.63) is 28.8 Å². The number of carbonyl (C=O) groups excluding carboxylic acids is 2. The molecule has 0 heterocycles. The van der Waals surface area contributed by atoms with Gasteiger partial charge in [-0.3, -0.25) is 0 Å². The Hall–Kier alpha value is -1.75. The first kappa shape index (κ1) is 14.3. The molecule has 0 bridgehead atoms. The lowest BCUT2D eigenvalue weighted by atomic mass is 10.2. The molecule has 18 heavy (non-hydrogen) atoms. The van der Waals surface area contributed by atoms with Gasteiger partial charge in [0.25, 0.3) is 0 Å². The summed E-state index contributed by atoms with van der Waals surface area (Å²) in [5.41, 5.74) is 6.07. The van der Waals surface area contributed by atoms with Gasteiger partial charge in [0.2, 0.25) is 0 Å². The second-order valence-corrected chi connectivity index (χ2v) is 3.94. The zero-order valence-electron chi connectivity index (χ0n) is 10.1. The van der Waals surface area contributed by atoms with Crippen LogP contribution in [0.3, 0.4) is 0 Å². The lowest BCUT2D eigenvalue weighted by Gasteiger charge is -2.12. The number of ether oxygens (including phenoxy) is 2. The van der Waals surface area contributed by atoms with Crippen LogP contribution in [0.1, 0.15) is 24.2 Å². The third kappa shape index (κ3) is 3.63. The summed E-state index contributed by atoms with van der Waals surface area (Å²) in [7, 11) is 0. The van der Waals surface area contributed by atoms with Crippen molar-refractivity contribution >= 4 is 29.2 Å². The molecule has 0 fully saturated rings. The minimum Gasteiger partial charge on any atom is -0.463 e. The van der Waals surface area contributed by atoms with Gasteiger partial charge >= 0.3 is 11.9 Å². The standard InChI is InChI=1S/C12H14ClNO4/c1-3-17-11(15)7(2)18-12(16)8-4-5-9(13)10(14)6-8/h4-7H,3,14H2,1-2H3. The van der Waals surface area contributed by atoms with Crippen molar-refractivity contribution in [2.75, 3.05) is 12.3 Å². The SMILES string of the molecule is CCOC(=O)C(C)OC(=O)c1ccc(Cl)c(N)c1. The molecular formula is C12H14ClNO4. The highest BCUT2D eigenvalue weighted by Gasteiger charge is 2.20. The van der Waals surface area contributed by atoms with Crippen molar-refractivity contribution in [3.8, 4) is 0 Å². The van der Waals surface area contributed by atoms with Gasteiger partial charge in [-0.25, -0.2) is 9.59 Å². The molecule has 1 atom stereocenters. The zero-order valence-corrected chi connectivity index (χ0v) is 10.9. The summed E-state index contributed by atoms with van der Waals surface area (Å²) >= 11 is 5.73. The second kappa shape index (κ2) is 6.26. The number of benzene rings is 1. The average Bonchev–Trinajstić information content (AvgIpc) is 2.32. The molecule has 98 valence electrons. The number of anilines is 1. The number of hydrogen-bond donors (Lipinski definition) is 1. The number of nitrogen functional groups attached to an aromatic ring is 1. The fourth-order valence-corrected chi connectivity index (χ4v) is 1.32. The van der Waals surface area contributed by atoms with Crippen molar-refractivity contribution in [3.63, 3.8) is 0 Å². The third-order valence-corrected chi connectivity index (χ3v) is 2.48. The molecule has 0 saturated carbocycles. The van der Waals surface area contributed by atoms with E-state index in [4.69, 9.17) is 26.8 Å². The molecule has 0 spiro atoms. The Bertz CT molecular complexity index is 461. The van der Waals surface area contributed by atoms with E-state index in [0.717, 1.165) is 0 Å². The van der Waals surface area contributed by atoms with Gasteiger partial charge < -0.3 is 15.2 Å². The number of halogens is 1. The van der Waals surface area contributed by atoms with Gasteiger partial charge in [0.1, 0.15) is 0 Å². The molecule has 2 N–H and O–H groups in total. The number of carbonyl (C=O) groups is 2. The Labute approximate surface area is 110 Å². The Morgan fingerprint density at radius 1 is 1.44 bits per heavy atom. The van der Waals surface area contributed by atoms with Crippen LogP contribution < -0.4 is 5.73 Å². The zero-order chi connectivity index (χ0) is 13.7. The first-order valence-corrected chi connectivity index (χ1v) is 5.76. The minimum absolute atomic E-state index is 0.230. The van der Waals surface area contributed by atoms with E-state index in [1.165, 1.54) is 25.1 Å². The summed E-state index contributed by atoms with van der Waals surface area (Å²) in [6.45, 7) is 3.34. The van der Waals surface area contributed by atoms with E-state index < -0.39 is 18.0 Å². The fraction of sp³-hybridized carbons (Fsp3) is 0.333. The molecule has 0 saturated heterocycles. The van der Waals surface area contributed by atoms with Crippen LogP contribution in [-0.2, 0) is 14.3 Å². The number of nitrogens with two attached hydrogens (primary N) is 1. The number of esters is 2. The maximum Gasteiger partial charge on any atom is 0.347 e. The van der Waals surface area contributed by atoms with Crippen LogP contribution in [0.4, 0.5) is 5.69 Å². The van der Waals surface area contributed by atoms with E-state index in [2.05, 4.69) is 0 Å². The van der Waals surface area contributed by atoms with Gasteiger partial charge in [-0.1, -0.05) is 11.6 Å². The summed E-state index contributed by atoms with van der Waals surface area (Å²) in [4.78, 5) is 23.0. The maximum atomic E-state index is 11.7. The van der Waals surface area contributed by atoms with Gasteiger partial charge in [0.15, 0.2) is 6.10 Å². The monoisotopic (exact) mass is 271 g/mol. The molecule has 1 rings (SSSR count). The van der Waals surface area contributed by atoms with Crippen molar-refractivity contribution in [2.45, 2.75) is 20.0 Å². The van der Waals surface area contributed by atoms with Crippen LogP contribution >= 0.6 is 11.6 Å². The van der Waals surface area contributed by atoms with Gasteiger partial charge in [0.05, 0.1) is 22.9 Å². The summed E-state index contributed by atoms with van der Waals surface area (Å²) in [6.07, 6.45) is -0.964. The van der Waals surface area contributed by atoms with Crippen molar-refractivity contribution < 1.29 is 19.1 Å². The molecule has 0 radical (unpaired) electrons. The van der Waals surface area contributed by atoms with Crippen molar-refractivity contribution in [1.82, 2.24) is 0 Å². The number of rotatable bonds is 4. The van der Waals surface area contributed by atoms with E-state index in [-0.39, 0.29) is 17.9 Å². The first-order valence-electron chi connectivity index (χ1n) is 5.38. The highest BCUT2D eigenvalue weighted by atomic mass is 35.5. The van der Waals surface area contributed by atoms with Crippen molar-refractivity contribution in [1.29, 1.82) is 0 Å². The van der Waals surface area contributed by atoms with Crippen molar-refractivity contribution in [2.24, 2.45) is 0 Å². The molecule has 0 aliphatic carbocycles. The summed E-state index contributed by atoms with van der Waals surface area (Å²) < 4.78 is 9.65. The molecule has 1 aromatic rings. The molecule has 0 aliphatic rings. The predicted octanol–water partition coefficient (Wildman–Crippen LogP) is 2.03. The van der Waals surface area contributed by atoms with Gasteiger partial charge in [-0.15, -0.1) is 0 Å². The molecule has 1 aromatic carbocycles. The predicted molar refractivity (Wildman–Crippen MR) is 67.4 cm³/mol. The molecular weight excluding hydrogens is 258 g/mol. The molecule has 0 aromatic heterocycles. The highest BCUT2D eigenvalue weighted by molar-refractivity contribution is 6.33. The Morgan fingerprint density at radius 2 is 2.11 bits per heavy atom. The first-order chi connectivity index (χ1) is 8.45. The van der Waals surface area contributed by atoms with Crippen LogP contribution in [0.15, 0.2) is 18.2 Å². The average molecular weight is 272 g/mol. The van der Waals surface area contributed by atoms with Crippen LogP contribution in [0, 0.1) is 0 Å². The van der Waals surface area contributed by atoms with Crippen LogP contribution in [0.25, 0.3) is 0 Å². The van der Waals surface area contributed by atoms with Crippen LogP contribution in [0.2, 0.25) is 5.02 Å². The lowest BCUT2D eigenvalue weighted by Crippen LogP contribution is -2.26. The van der Waals surface area contributed by atoms with E-state index in [1.807, 2.05) is 0 Å². The Balaban J connectivity index is 2.70. The van der Waals surface area contributed by atoms with Crippen LogP contribution in [0.5, 0.6) is 0 Å². The summed E-state index contributed by atoms with van der Waals surface area (Å²) in [6, 6.07) is 4.35. The topological polar surface area (TPSA) is 78.6 Å². The third-order valence-electron chi connectivity index (χ3n) is 2.13. The van der Waals surface area contributed by atoms with Gasteiger partial charge in [-0.05, 0) is 32.0 Å². The summed E-state index contributed by atoms with van der Waals surface area (Å²) in [5, 5.41) is 0.352. The van der Waals surface area contributed by atoms with E-state index >= 15 is 0 Å². The molecule has 1 unspecified atom stereocenters. The largest absolute Gasteiger partial charge is 0.463 e. The van der Waals surface area contributed by atoms with Gasteiger partial charge in [-0.2, -0.15) is 0 Å². The smallest absolute Gasteiger partial charge is 0.347 e. The molecule has 5 nitrogen and oxygen atoms in total. The van der Waals surface area contributed by atoms with E-state index in [1.54, 1.807) is 6.92 Å². The normalized spacial score (nSPS) is 11.7. The molecule has 6 heteroatoms. The maximum absolute atomic E-state index is 11.7. The van der Waals surface area contributed by atoms with E-state index in [0.29, 0.717) is 5.02 Å². The lowest BCUT2D eigenvalue weighted by molar-refractivity contribution is -0.152. The minimum atomic E-state index is -0.964. The molecule has 0 aliphatic heterocycles. The second-order valence-electron chi connectivity index (χ2n) is 3.54. The highest BCUT2D eigenvalue weighted by Crippen LogP contribution is 2.20. The number of hydrogen-bond acceptors (Lipinski definition) is 5.